The van der Waals surface area contributed by atoms with Gasteiger partial charge in [0.2, 0.25) is 17.7 Å². The van der Waals surface area contributed by atoms with E-state index in [1.807, 2.05) is 38.1 Å². The van der Waals surface area contributed by atoms with Gasteiger partial charge in [0.15, 0.2) is 0 Å². The van der Waals surface area contributed by atoms with Crippen molar-refractivity contribution in [1.29, 1.82) is 0 Å². The van der Waals surface area contributed by atoms with Crippen molar-refractivity contribution in [2.45, 2.75) is 71.6 Å². The average Bonchev–Trinajstić information content (AvgIpc) is 3.22. The quantitative estimate of drug-likeness (QED) is 0.264. The molecule has 10 heteroatoms. The van der Waals surface area contributed by atoms with Gasteiger partial charge in [-0.2, -0.15) is 0 Å². The van der Waals surface area contributed by atoms with Gasteiger partial charge in [0, 0.05) is 23.5 Å². The number of nitrogens with two attached hydrogens (primary N) is 1. The van der Waals surface area contributed by atoms with Crippen LogP contribution in [0.15, 0.2) is 30.5 Å². The van der Waals surface area contributed by atoms with Crippen LogP contribution in [0.2, 0.25) is 0 Å². The summed E-state index contributed by atoms with van der Waals surface area (Å²) in [7, 11) is 0. The van der Waals surface area contributed by atoms with Crippen molar-refractivity contribution >= 4 is 34.6 Å². The minimum Gasteiger partial charge on any atom is -0.480 e. The number of carboxylic acids is 1. The predicted molar refractivity (Wildman–Crippen MR) is 133 cm³/mol. The number of fused-ring (bicyclic) bond motifs is 1. The SMILES string of the molecule is CCC(C)C(N)C(=O)NC(C)C(=O)NC(Cc1c[nH]c2ccccc12)C(=O)NC(C(=O)O)C(C)C. The van der Waals surface area contributed by atoms with Gasteiger partial charge in [-0.15, -0.1) is 0 Å². The molecule has 0 aliphatic carbocycles. The minimum atomic E-state index is -1.16. The molecule has 3 amide bonds. The van der Waals surface area contributed by atoms with Crippen LogP contribution in [0.5, 0.6) is 0 Å². The van der Waals surface area contributed by atoms with E-state index in [0.717, 1.165) is 16.5 Å². The number of H-pyrrole nitrogens is 1. The van der Waals surface area contributed by atoms with Crippen molar-refractivity contribution in [3.05, 3.63) is 36.0 Å². The molecule has 2 aromatic rings. The van der Waals surface area contributed by atoms with Gasteiger partial charge in [-0.1, -0.05) is 52.3 Å². The number of para-hydroxylation sites is 1. The molecule has 0 aliphatic heterocycles. The highest BCUT2D eigenvalue weighted by molar-refractivity contribution is 5.94. The zero-order valence-corrected chi connectivity index (χ0v) is 20.9. The molecule has 1 aromatic heterocycles. The van der Waals surface area contributed by atoms with Crippen LogP contribution in [-0.4, -0.2) is 57.9 Å². The predicted octanol–water partition coefficient (Wildman–Crippen LogP) is 1.30. The van der Waals surface area contributed by atoms with E-state index in [9.17, 15) is 24.3 Å². The molecule has 1 heterocycles. The van der Waals surface area contributed by atoms with Gasteiger partial charge in [-0.25, -0.2) is 4.79 Å². The maximum absolute atomic E-state index is 13.1. The Bertz CT molecular complexity index is 1050. The van der Waals surface area contributed by atoms with Crippen molar-refractivity contribution in [3.8, 4) is 0 Å². The summed E-state index contributed by atoms with van der Waals surface area (Å²) in [5.41, 5.74) is 7.62. The lowest BCUT2D eigenvalue weighted by molar-refractivity contribution is -0.143. The summed E-state index contributed by atoms with van der Waals surface area (Å²) in [6.07, 6.45) is 2.59. The number of carbonyl (C=O) groups is 4. The molecule has 7 N–H and O–H groups in total. The number of rotatable bonds is 12. The summed E-state index contributed by atoms with van der Waals surface area (Å²) in [6, 6.07) is 3.64. The first-order valence-electron chi connectivity index (χ1n) is 11.9. The van der Waals surface area contributed by atoms with E-state index in [0.29, 0.717) is 6.42 Å². The topological polar surface area (TPSA) is 166 Å². The molecule has 0 bridgehead atoms. The van der Waals surface area contributed by atoms with E-state index in [1.54, 1.807) is 20.0 Å². The molecule has 0 fully saturated rings. The number of hydrogen-bond donors (Lipinski definition) is 6. The van der Waals surface area contributed by atoms with Crippen LogP contribution in [0.1, 0.15) is 46.6 Å². The van der Waals surface area contributed by atoms with Crippen LogP contribution >= 0.6 is 0 Å². The first-order valence-corrected chi connectivity index (χ1v) is 11.9. The van der Waals surface area contributed by atoms with Gasteiger partial charge in [0.25, 0.3) is 0 Å². The van der Waals surface area contributed by atoms with E-state index >= 15 is 0 Å². The normalized spacial score (nSPS) is 15.6. The van der Waals surface area contributed by atoms with Crippen LogP contribution < -0.4 is 21.7 Å². The summed E-state index contributed by atoms with van der Waals surface area (Å²) in [5.74, 6) is -3.24. The van der Waals surface area contributed by atoms with Crippen molar-refractivity contribution in [1.82, 2.24) is 20.9 Å². The molecule has 0 radical (unpaired) electrons. The number of aromatic amines is 1. The molecule has 5 atom stereocenters. The molecule has 2 rings (SSSR count). The smallest absolute Gasteiger partial charge is 0.326 e. The Morgan fingerprint density at radius 1 is 0.971 bits per heavy atom. The van der Waals surface area contributed by atoms with E-state index < -0.39 is 47.9 Å². The third-order valence-corrected chi connectivity index (χ3v) is 6.27. The number of carbonyl (C=O) groups excluding carboxylic acids is 3. The molecule has 5 unspecified atom stereocenters. The molecule has 1 aromatic carbocycles. The standard InChI is InChI=1S/C25H37N5O5/c1-6-14(4)20(26)24(33)28-15(5)22(31)29-19(23(32)30-21(13(2)3)25(34)35)11-16-12-27-18-10-8-7-9-17(16)18/h7-10,12-15,19-21,27H,6,11,26H2,1-5H3,(H,28,33)(H,29,31)(H,30,32)(H,34,35). The molecule has 0 aliphatic rings. The van der Waals surface area contributed by atoms with E-state index in [2.05, 4.69) is 20.9 Å². The second-order valence-electron chi connectivity index (χ2n) is 9.33. The molecule has 192 valence electrons. The van der Waals surface area contributed by atoms with Gasteiger partial charge in [-0.05, 0) is 30.4 Å². The van der Waals surface area contributed by atoms with Gasteiger partial charge in [0.1, 0.15) is 18.1 Å². The number of hydrogen-bond acceptors (Lipinski definition) is 5. The van der Waals surface area contributed by atoms with E-state index in [-0.39, 0.29) is 18.3 Å². The number of benzene rings is 1. The Labute approximate surface area is 205 Å². The van der Waals surface area contributed by atoms with Crippen LogP contribution in [-0.2, 0) is 25.6 Å². The maximum Gasteiger partial charge on any atom is 0.326 e. The number of carboxylic acid groups (broad SMARTS) is 1. The van der Waals surface area contributed by atoms with Crippen LogP contribution in [0.25, 0.3) is 10.9 Å². The monoisotopic (exact) mass is 487 g/mol. The third-order valence-electron chi connectivity index (χ3n) is 6.27. The Balaban J connectivity index is 2.22. The van der Waals surface area contributed by atoms with Crippen LogP contribution in [0.4, 0.5) is 0 Å². The van der Waals surface area contributed by atoms with Crippen molar-refractivity contribution in [2.24, 2.45) is 17.6 Å². The second-order valence-corrected chi connectivity index (χ2v) is 9.33. The molecular weight excluding hydrogens is 450 g/mol. The Morgan fingerprint density at radius 2 is 1.63 bits per heavy atom. The fourth-order valence-corrected chi connectivity index (χ4v) is 3.68. The summed E-state index contributed by atoms with van der Waals surface area (Å²) in [6.45, 7) is 8.65. The number of nitrogens with one attached hydrogen (secondary N) is 4. The first-order chi connectivity index (χ1) is 16.5. The molecule has 10 nitrogen and oxygen atoms in total. The third kappa shape index (κ3) is 7.29. The zero-order valence-electron chi connectivity index (χ0n) is 20.9. The summed E-state index contributed by atoms with van der Waals surface area (Å²) in [4.78, 5) is 53.2. The van der Waals surface area contributed by atoms with Gasteiger partial charge < -0.3 is 31.8 Å². The van der Waals surface area contributed by atoms with Crippen LogP contribution in [0, 0.1) is 11.8 Å². The molecule has 35 heavy (non-hydrogen) atoms. The minimum absolute atomic E-state index is 0.0605. The highest BCUT2D eigenvalue weighted by Gasteiger charge is 2.31. The fourth-order valence-electron chi connectivity index (χ4n) is 3.68. The Kier molecular flexibility index (Phi) is 9.82. The summed E-state index contributed by atoms with van der Waals surface area (Å²) in [5, 5.41) is 18.2. The fraction of sp³-hybridized carbons (Fsp3) is 0.520. The highest BCUT2D eigenvalue weighted by Crippen LogP contribution is 2.19. The first kappa shape index (κ1) is 27.8. The van der Waals surface area contributed by atoms with Gasteiger partial charge >= 0.3 is 5.97 Å². The van der Waals surface area contributed by atoms with Crippen molar-refractivity contribution in [2.75, 3.05) is 0 Å². The van der Waals surface area contributed by atoms with Gasteiger partial charge in [0.05, 0.1) is 6.04 Å². The molecular formula is C25H37N5O5. The molecule has 0 spiro atoms. The number of amides is 3. The van der Waals surface area contributed by atoms with E-state index in [1.165, 1.54) is 6.92 Å². The Morgan fingerprint density at radius 3 is 2.23 bits per heavy atom. The average molecular weight is 488 g/mol. The van der Waals surface area contributed by atoms with E-state index in [4.69, 9.17) is 5.73 Å². The lowest BCUT2D eigenvalue weighted by atomic mass is 9.99. The summed E-state index contributed by atoms with van der Waals surface area (Å²) >= 11 is 0. The van der Waals surface area contributed by atoms with Crippen molar-refractivity contribution < 1.29 is 24.3 Å². The van der Waals surface area contributed by atoms with Crippen LogP contribution in [0.3, 0.4) is 0 Å². The molecule has 0 saturated carbocycles. The van der Waals surface area contributed by atoms with Gasteiger partial charge in [-0.3, -0.25) is 14.4 Å². The molecule has 0 saturated heterocycles. The lowest BCUT2D eigenvalue weighted by Gasteiger charge is -2.25. The maximum atomic E-state index is 13.1. The zero-order chi connectivity index (χ0) is 26.3. The largest absolute Gasteiger partial charge is 0.480 e. The second kappa shape index (κ2) is 12.3. The summed E-state index contributed by atoms with van der Waals surface area (Å²) < 4.78 is 0. The number of aromatic nitrogens is 1. The van der Waals surface area contributed by atoms with Crippen molar-refractivity contribution in [3.63, 3.8) is 0 Å². The Hall–Kier alpha value is -3.40. The lowest BCUT2D eigenvalue weighted by Crippen LogP contribution is -2.57. The number of aliphatic carboxylic acids is 1. The highest BCUT2D eigenvalue weighted by atomic mass is 16.4.